The molecule has 5 nitrogen and oxygen atoms in total. The van der Waals surface area contributed by atoms with E-state index in [9.17, 15) is 9.59 Å². The Morgan fingerprint density at radius 2 is 1.79 bits per heavy atom. The van der Waals surface area contributed by atoms with E-state index in [4.69, 9.17) is 27.9 Å². The predicted octanol–water partition coefficient (Wildman–Crippen LogP) is 4.31. The Morgan fingerprint density at radius 1 is 1.03 bits per heavy atom. The molecule has 0 radical (unpaired) electrons. The summed E-state index contributed by atoms with van der Waals surface area (Å²) in [7, 11) is 1.76. The van der Waals surface area contributed by atoms with Crippen LogP contribution < -0.4 is 4.74 Å². The average molecular weight is 435 g/mol. The summed E-state index contributed by atoms with van der Waals surface area (Å²) in [6.07, 6.45) is 1.91. The molecule has 1 aliphatic rings. The molecule has 0 saturated carbocycles. The number of benzene rings is 2. The molecular formula is C22H24Cl2N2O3. The van der Waals surface area contributed by atoms with Gasteiger partial charge in [-0.05, 0) is 48.7 Å². The minimum absolute atomic E-state index is 0.0358. The van der Waals surface area contributed by atoms with Crippen LogP contribution in [0.4, 0.5) is 0 Å². The molecule has 7 heteroatoms. The molecule has 154 valence electrons. The number of carbonyl (C=O) groups is 2. The van der Waals surface area contributed by atoms with Crippen molar-refractivity contribution in [2.75, 3.05) is 33.3 Å². The van der Waals surface area contributed by atoms with E-state index < -0.39 is 0 Å². The predicted molar refractivity (Wildman–Crippen MR) is 115 cm³/mol. The van der Waals surface area contributed by atoms with Crippen molar-refractivity contribution in [1.82, 2.24) is 9.80 Å². The molecule has 2 amide bonds. The molecule has 0 atom stereocenters. The maximum atomic E-state index is 12.8. The SMILES string of the molecule is CN1CCCCN(C(=O)Cc2cccc(Cl)c2)CCOc2ccc(Cl)cc2C1=O. The van der Waals surface area contributed by atoms with Crippen molar-refractivity contribution < 1.29 is 14.3 Å². The van der Waals surface area contributed by atoms with Gasteiger partial charge < -0.3 is 14.5 Å². The van der Waals surface area contributed by atoms with Gasteiger partial charge in [-0.15, -0.1) is 0 Å². The van der Waals surface area contributed by atoms with E-state index in [0.29, 0.717) is 54.0 Å². The number of amides is 2. The molecule has 0 fully saturated rings. The summed E-state index contributed by atoms with van der Waals surface area (Å²) in [5, 5.41) is 1.11. The number of hydrogen-bond donors (Lipinski definition) is 0. The fourth-order valence-corrected chi connectivity index (χ4v) is 3.70. The number of halogens is 2. The van der Waals surface area contributed by atoms with Gasteiger partial charge in [0.05, 0.1) is 18.5 Å². The van der Waals surface area contributed by atoms with Crippen molar-refractivity contribution in [3.05, 3.63) is 63.6 Å². The molecule has 29 heavy (non-hydrogen) atoms. The van der Waals surface area contributed by atoms with E-state index in [-0.39, 0.29) is 11.8 Å². The average Bonchev–Trinajstić information content (AvgIpc) is 2.69. The van der Waals surface area contributed by atoms with Gasteiger partial charge in [0.25, 0.3) is 5.91 Å². The Bertz CT molecular complexity index is 888. The van der Waals surface area contributed by atoms with Crippen LogP contribution in [0.15, 0.2) is 42.5 Å². The molecule has 3 rings (SSSR count). The van der Waals surface area contributed by atoms with E-state index in [1.54, 1.807) is 36.2 Å². The first-order chi connectivity index (χ1) is 13.9. The first kappa shape index (κ1) is 21.5. The van der Waals surface area contributed by atoms with Gasteiger partial charge in [-0.25, -0.2) is 0 Å². The number of nitrogens with zero attached hydrogens (tertiary/aromatic N) is 2. The fourth-order valence-electron chi connectivity index (χ4n) is 3.31. The zero-order chi connectivity index (χ0) is 20.8. The van der Waals surface area contributed by atoms with Crippen molar-refractivity contribution in [2.45, 2.75) is 19.3 Å². The van der Waals surface area contributed by atoms with Crippen LogP contribution >= 0.6 is 23.2 Å². The van der Waals surface area contributed by atoms with Crippen LogP contribution in [0, 0.1) is 0 Å². The molecule has 2 aromatic carbocycles. The van der Waals surface area contributed by atoms with Gasteiger partial charge >= 0.3 is 0 Å². The molecule has 0 aliphatic carbocycles. The monoisotopic (exact) mass is 434 g/mol. The van der Waals surface area contributed by atoms with Crippen molar-refractivity contribution in [3.63, 3.8) is 0 Å². The molecule has 0 N–H and O–H groups in total. The van der Waals surface area contributed by atoms with Crippen LogP contribution in [0.1, 0.15) is 28.8 Å². The summed E-state index contributed by atoms with van der Waals surface area (Å²) in [4.78, 5) is 29.1. The Kier molecular flexibility index (Phi) is 7.40. The van der Waals surface area contributed by atoms with Crippen LogP contribution in [-0.2, 0) is 11.2 Å². The molecule has 2 aromatic rings. The normalized spacial score (nSPS) is 15.8. The highest BCUT2D eigenvalue weighted by atomic mass is 35.5. The van der Waals surface area contributed by atoms with Gasteiger partial charge in [0.1, 0.15) is 12.4 Å². The van der Waals surface area contributed by atoms with Crippen molar-refractivity contribution in [2.24, 2.45) is 0 Å². The zero-order valence-electron chi connectivity index (χ0n) is 16.4. The minimum atomic E-state index is -0.114. The van der Waals surface area contributed by atoms with E-state index in [0.717, 1.165) is 18.4 Å². The molecule has 0 saturated heterocycles. The van der Waals surface area contributed by atoms with Crippen molar-refractivity contribution in [1.29, 1.82) is 0 Å². The quantitative estimate of drug-likeness (QED) is 0.707. The lowest BCUT2D eigenvalue weighted by Gasteiger charge is -2.26. The van der Waals surface area contributed by atoms with E-state index in [1.807, 2.05) is 23.1 Å². The van der Waals surface area contributed by atoms with Crippen molar-refractivity contribution >= 4 is 35.0 Å². The zero-order valence-corrected chi connectivity index (χ0v) is 17.9. The molecule has 0 spiro atoms. The first-order valence-electron chi connectivity index (χ1n) is 9.64. The van der Waals surface area contributed by atoms with Gasteiger partial charge in [0.15, 0.2) is 0 Å². The maximum Gasteiger partial charge on any atom is 0.257 e. The number of carbonyl (C=O) groups excluding carboxylic acids is 2. The summed E-state index contributed by atoms with van der Waals surface area (Å²) in [6, 6.07) is 12.4. The smallest absolute Gasteiger partial charge is 0.257 e. The summed E-state index contributed by atoms with van der Waals surface area (Å²) < 4.78 is 5.86. The summed E-state index contributed by atoms with van der Waals surface area (Å²) >= 11 is 12.1. The number of hydrogen-bond acceptors (Lipinski definition) is 3. The standard InChI is InChI=1S/C22H24Cl2N2O3/c1-25-9-2-3-10-26(21(27)14-16-5-4-6-17(23)13-16)11-12-29-20-8-7-18(24)15-19(20)22(25)28/h4-8,13,15H,2-3,9-12,14H2,1H3. The highest BCUT2D eigenvalue weighted by molar-refractivity contribution is 6.31. The molecule has 1 heterocycles. The van der Waals surface area contributed by atoms with Crippen molar-refractivity contribution in [3.8, 4) is 5.75 Å². The molecule has 1 aliphatic heterocycles. The second kappa shape index (κ2) is 9.99. The van der Waals surface area contributed by atoms with E-state index in [2.05, 4.69) is 0 Å². The van der Waals surface area contributed by atoms with Gasteiger partial charge in [-0.2, -0.15) is 0 Å². The molecule has 0 aromatic heterocycles. The fraction of sp³-hybridized carbons (Fsp3) is 0.364. The maximum absolute atomic E-state index is 12.8. The third kappa shape index (κ3) is 5.87. The van der Waals surface area contributed by atoms with E-state index in [1.165, 1.54) is 0 Å². The molecular weight excluding hydrogens is 411 g/mol. The van der Waals surface area contributed by atoms with Crippen LogP contribution in [0.25, 0.3) is 0 Å². The van der Waals surface area contributed by atoms with Crippen LogP contribution in [0.5, 0.6) is 5.75 Å². The van der Waals surface area contributed by atoms with E-state index >= 15 is 0 Å². The lowest BCUT2D eigenvalue weighted by Crippen LogP contribution is -2.37. The topological polar surface area (TPSA) is 49.9 Å². The van der Waals surface area contributed by atoms with Gasteiger partial charge in [0.2, 0.25) is 5.91 Å². The minimum Gasteiger partial charge on any atom is -0.491 e. The third-order valence-corrected chi connectivity index (χ3v) is 5.38. The van der Waals surface area contributed by atoms with Gasteiger partial charge in [0, 0.05) is 30.2 Å². The highest BCUT2D eigenvalue weighted by Crippen LogP contribution is 2.25. The molecule has 0 bridgehead atoms. The largest absolute Gasteiger partial charge is 0.491 e. The Hall–Kier alpha value is -2.24. The molecule has 0 unspecified atom stereocenters. The lowest BCUT2D eigenvalue weighted by molar-refractivity contribution is -0.131. The Labute approximate surface area is 181 Å². The lowest BCUT2D eigenvalue weighted by atomic mass is 10.1. The number of ether oxygens (including phenoxy) is 1. The third-order valence-electron chi connectivity index (χ3n) is 4.91. The Balaban J connectivity index is 1.74. The number of rotatable bonds is 2. The van der Waals surface area contributed by atoms with Gasteiger partial charge in [-0.1, -0.05) is 35.3 Å². The van der Waals surface area contributed by atoms with Gasteiger partial charge in [-0.3, -0.25) is 9.59 Å². The second-order valence-electron chi connectivity index (χ2n) is 7.11. The number of fused-ring (bicyclic) bond motifs is 1. The van der Waals surface area contributed by atoms with Crippen LogP contribution in [0.2, 0.25) is 10.0 Å². The summed E-state index contributed by atoms with van der Waals surface area (Å²) in [5.74, 6) is 0.403. The first-order valence-corrected chi connectivity index (χ1v) is 10.4. The second-order valence-corrected chi connectivity index (χ2v) is 7.98. The summed E-state index contributed by atoms with van der Waals surface area (Å²) in [5.41, 5.74) is 1.33. The van der Waals surface area contributed by atoms with Crippen LogP contribution in [-0.4, -0.2) is 54.9 Å². The van der Waals surface area contributed by atoms with Crippen LogP contribution in [0.3, 0.4) is 0 Å². The summed E-state index contributed by atoms with van der Waals surface area (Å²) in [6.45, 7) is 1.97. The highest BCUT2D eigenvalue weighted by Gasteiger charge is 2.20. The Morgan fingerprint density at radius 3 is 2.59 bits per heavy atom.